The van der Waals surface area contributed by atoms with E-state index < -0.39 is 5.97 Å². The molecule has 100 valence electrons. The highest BCUT2D eigenvalue weighted by Gasteiger charge is 2.12. The molecule has 0 aliphatic carbocycles. The molecule has 1 rings (SSSR count). The molecule has 0 aliphatic heterocycles. The Bertz CT molecular complexity index is 441. The average Bonchev–Trinajstić information content (AvgIpc) is 2.33. The van der Waals surface area contributed by atoms with Crippen molar-refractivity contribution in [3.05, 3.63) is 27.8 Å². The maximum absolute atomic E-state index is 10.5. The molecule has 4 heteroatoms. The zero-order valence-electron chi connectivity index (χ0n) is 11.0. The van der Waals surface area contributed by atoms with E-state index in [1.807, 2.05) is 19.9 Å². The summed E-state index contributed by atoms with van der Waals surface area (Å²) in [5.74, 6) is 0.0883. The highest BCUT2D eigenvalue weighted by Crippen LogP contribution is 2.32. The van der Waals surface area contributed by atoms with Gasteiger partial charge in [0.1, 0.15) is 5.75 Å². The van der Waals surface area contributed by atoms with Gasteiger partial charge in [-0.25, -0.2) is 0 Å². The van der Waals surface area contributed by atoms with Crippen molar-refractivity contribution < 1.29 is 14.6 Å². The molecule has 0 saturated carbocycles. The number of benzene rings is 1. The van der Waals surface area contributed by atoms with Crippen molar-refractivity contribution in [1.29, 1.82) is 0 Å². The molecule has 3 nitrogen and oxygen atoms in total. The van der Waals surface area contributed by atoms with E-state index in [-0.39, 0.29) is 6.42 Å². The Morgan fingerprint density at radius 3 is 2.61 bits per heavy atom. The van der Waals surface area contributed by atoms with Gasteiger partial charge >= 0.3 is 5.97 Å². The van der Waals surface area contributed by atoms with Crippen LogP contribution in [0.2, 0.25) is 5.02 Å². The Morgan fingerprint density at radius 1 is 1.39 bits per heavy atom. The van der Waals surface area contributed by atoms with Gasteiger partial charge < -0.3 is 9.84 Å². The van der Waals surface area contributed by atoms with E-state index in [4.69, 9.17) is 21.4 Å². The van der Waals surface area contributed by atoms with Crippen LogP contribution in [0.1, 0.15) is 36.0 Å². The van der Waals surface area contributed by atoms with Crippen molar-refractivity contribution in [1.82, 2.24) is 0 Å². The molecule has 18 heavy (non-hydrogen) atoms. The third-order valence-corrected chi connectivity index (χ3v) is 3.64. The lowest BCUT2D eigenvalue weighted by molar-refractivity contribution is -0.137. The predicted octanol–water partition coefficient (Wildman–Crippen LogP) is 3.76. The predicted molar refractivity (Wildman–Crippen MR) is 72.7 cm³/mol. The molecule has 1 N–H and O–H groups in total. The fraction of sp³-hybridized carbons (Fsp3) is 0.500. The van der Waals surface area contributed by atoms with E-state index in [9.17, 15) is 4.79 Å². The van der Waals surface area contributed by atoms with Gasteiger partial charge in [-0.3, -0.25) is 4.79 Å². The van der Waals surface area contributed by atoms with Gasteiger partial charge in [0.05, 0.1) is 7.11 Å². The molecule has 0 bridgehead atoms. The Labute approximate surface area is 113 Å². The molecule has 0 spiro atoms. The topological polar surface area (TPSA) is 46.5 Å². The molecule has 0 fully saturated rings. The highest BCUT2D eigenvalue weighted by atomic mass is 35.5. The maximum atomic E-state index is 10.5. The SMILES string of the molecule is COc1cc(C)c(Cl)c(C)c1CCCCC(=O)O. The molecule has 1 aromatic carbocycles. The Morgan fingerprint density at radius 2 is 2.06 bits per heavy atom. The smallest absolute Gasteiger partial charge is 0.303 e. The van der Waals surface area contributed by atoms with Crippen LogP contribution >= 0.6 is 11.6 Å². The summed E-state index contributed by atoms with van der Waals surface area (Å²) in [4.78, 5) is 10.5. The molecular weight excluding hydrogens is 252 g/mol. The van der Waals surface area contributed by atoms with Gasteiger partial charge in [-0.05, 0) is 55.9 Å². The van der Waals surface area contributed by atoms with Crippen molar-refractivity contribution in [2.75, 3.05) is 7.11 Å². The number of unbranched alkanes of at least 4 members (excludes halogenated alkanes) is 1. The zero-order valence-corrected chi connectivity index (χ0v) is 11.8. The van der Waals surface area contributed by atoms with E-state index in [2.05, 4.69) is 0 Å². The van der Waals surface area contributed by atoms with Gasteiger partial charge in [-0.1, -0.05) is 11.6 Å². The molecule has 0 saturated heterocycles. The number of carboxylic acids is 1. The number of aryl methyl sites for hydroxylation is 1. The van der Waals surface area contributed by atoms with Crippen LogP contribution in [0, 0.1) is 13.8 Å². The highest BCUT2D eigenvalue weighted by molar-refractivity contribution is 6.32. The second-order valence-electron chi connectivity index (χ2n) is 4.41. The van der Waals surface area contributed by atoms with E-state index in [0.717, 1.165) is 40.3 Å². The van der Waals surface area contributed by atoms with Crippen LogP contribution < -0.4 is 4.74 Å². The number of carbonyl (C=O) groups is 1. The second kappa shape index (κ2) is 6.64. The Balaban J connectivity index is 2.80. The summed E-state index contributed by atoms with van der Waals surface area (Å²) in [6.45, 7) is 3.93. The minimum atomic E-state index is -0.749. The molecule has 0 radical (unpaired) electrons. The first-order valence-corrected chi connectivity index (χ1v) is 6.39. The number of aliphatic carboxylic acids is 1. The number of rotatable bonds is 6. The first-order valence-electron chi connectivity index (χ1n) is 6.01. The second-order valence-corrected chi connectivity index (χ2v) is 4.79. The standard InChI is InChI=1S/C14H19ClO3/c1-9-8-12(18-3)11(10(2)14(9)15)6-4-5-7-13(16)17/h8H,4-7H2,1-3H3,(H,16,17). The number of halogens is 1. The quantitative estimate of drug-likeness (QED) is 0.801. The molecule has 0 aliphatic rings. The summed E-state index contributed by atoms with van der Waals surface area (Å²) in [7, 11) is 1.64. The van der Waals surface area contributed by atoms with Crippen LogP contribution in [-0.2, 0) is 11.2 Å². The summed E-state index contributed by atoms with van der Waals surface area (Å²) in [6, 6.07) is 1.93. The van der Waals surface area contributed by atoms with Gasteiger partial charge in [0.25, 0.3) is 0 Å². The Hall–Kier alpha value is -1.22. The summed E-state index contributed by atoms with van der Waals surface area (Å²) < 4.78 is 5.37. The van der Waals surface area contributed by atoms with E-state index >= 15 is 0 Å². The zero-order chi connectivity index (χ0) is 13.7. The van der Waals surface area contributed by atoms with Crippen molar-refractivity contribution in [2.24, 2.45) is 0 Å². The van der Waals surface area contributed by atoms with Gasteiger partial charge in [0, 0.05) is 11.4 Å². The lowest BCUT2D eigenvalue weighted by atomic mass is 9.98. The van der Waals surface area contributed by atoms with Crippen LogP contribution in [0.3, 0.4) is 0 Å². The fourth-order valence-electron chi connectivity index (χ4n) is 2.03. The molecule has 0 aromatic heterocycles. The summed E-state index contributed by atoms with van der Waals surface area (Å²) >= 11 is 6.23. The number of hydrogen-bond donors (Lipinski definition) is 1. The van der Waals surface area contributed by atoms with Crippen molar-refractivity contribution >= 4 is 17.6 Å². The van der Waals surface area contributed by atoms with E-state index in [0.29, 0.717) is 6.42 Å². The number of hydrogen-bond acceptors (Lipinski definition) is 2. The third-order valence-electron chi connectivity index (χ3n) is 3.06. The van der Waals surface area contributed by atoms with Crippen molar-refractivity contribution in [3.8, 4) is 5.75 Å². The van der Waals surface area contributed by atoms with Gasteiger partial charge in [-0.15, -0.1) is 0 Å². The van der Waals surface area contributed by atoms with Crippen LogP contribution in [0.15, 0.2) is 6.07 Å². The van der Waals surface area contributed by atoms with Gasteiger partial charge in [-0.2, -0.15) is 0 Å². The first kappa shape index (κ1) is 14.8. The summed E-state index contributed by atoms with van der Waals surface area (Å²) in [5, 5.41) is 9.37. The number of methoxy groups -OCH3 is 1. The lowest BCUT2D eigenvalue weighted by Gasteiger charge is -2.15. The first-order chi connectivity index (χ1) is 8.47. The van der Waals surface area contributed by atoms with Crippen LogP contribution in [-0.4, -0.2) is 18.2 Å². The fourth-order valence-corrected chi connectivity index (χ4v) is 2.20. The monoisotopic (exact) mass is 270 g/mol. The summed E-state index contributed by atoms with van der Waals surface area (Å²) in [6.07, 6.45) is 2.50. The van der Waals surface area contributed by atoms with Crippen molar-refractivity contribution in [3.63, 3.8) is 0 Å². The van der Waals surface area contributed by atoms with Crippen LogP contribution in [0.5, 0.6) is 5.75 Å². The van der Waals surface area contributed by atoms with Crippen molar-refractivity contribution in [2.45, 2.75) is 39.5 Å². The summed E-state index contributed by atoms with van der Waals surface area (Å²) in [5.41, 5.74) is 3.11. The maximum Gasteiger partial charge on any atom is 0.303 e. The molecular formula is C14H19ClO3. The van der Waals surface area contributed by atoms with Crippen LogP contribution in [0.25, 0.3) is 0 Å². The van der Waals surface area contributed by atoms with Gasteiger partial charge in [0.15, 0.2) is 0 Å². The third kappa shape index (κ3) is 3.64. The molecule has 0 heterocycles. The lowest BCUT2D eigenvalue weighted by Crippen LogP contribution is -2.00. The van der Waals surface area contributed by atoms with Gasteiger partial charge in [0.2, 0.25) is 0 Å². The molecule has 0 atom stereocenters. The van der Waals surface area contributed by atoms with E-state index in [1.165, 1.54) is 0 Å². The molecule has 0 unspecified atom stereocenters. The average molecular weight is 271 g/mol. The Kier molecular flexibility index (Phi) is 5.48. The number of carboxylic acid groups (broad SMARTS) is 1. The van der Waals surface area contributed by atoms with Crippen LogP contribution in [0.4, 0.5) is 0 Å². The minimum Gasteiger partial charge on any atom is -0.496 e. The largest absolute Gasteiger partial charge is 0.496 e. The normalized spacial score (nSPS) is 10.4. The molecule has 0 amide bonds. The van der Waals surface area contributed by atoms with E-state index in [1.54, 1.807) is 7.11 Å². The minimum absolute atomic E-state index is 0.209. The molecule has 1 aromatic rings. The number of ether oxygens (including phenoxy) is 1.